The highest BCUT2D eigenvalue weighted by Crippen LogP contribution is 2.25. The van der Waals surface area contributed by atoms with Gasteiger partial charge in [-0.3, -0.25) is 0 Å². The van der Waals surface area contributed by atoms with E-state index in [0.717, 1.165) is 13.2 Å². The van der Waals surface area contributed by atoms with Crippen LogP contribution in [0.1, 0.15) is 238 Å². The molecule has 0 amide bonds. The lowest BCUT2D eigenvalue weighted by Crippen LogP contribution is -2.52. The van der Waals surface area contributed by atoms with E-state index in [1.807, 2.05) is 0 Å². The summed E-state index contributed by atoms with van der Waals surface area (Å²) in [6, 6.07) is 0. The molecule has 0 radical (unpaired) electrons. The Hall–Kier alpha value is -0.280. The number of unbranched alkanes of at least 4 members (excludes halogenated alkanes) is 28. The van der Waals surface area contributed by atoms with Crippen LogP contribution in [-0.4, -0.2) is 161 Å². The second-order valence-corrected chi connectivity index (χ2v) is 24.7. The predicted molar refractivity (Wildman–Crippen MR) is 286 cm³/mol. The van der Waals surface area contributed by atoms with Gasteiger partial charge in [-0.1, -0.05) is 141 Å². The summed E-state index contributed by atoms with van der Waals surface area (Å²) in [6.45, 7) is 18.5. The molecule has 0 aromatic rings. The Morgan fingerprint density at radius 3 is 0.833 bits per heavy atom. The Labute approximate surface area is 413 Å². The molecule has 4 aliphatic rings. The van der Waals surface area contributed by atoms with Crippen LogP contribution in [0.2, 0.25) is 0 Å². The summed E-state index contributed by atoms with van der Waals surface area (Å²) < 4.78 is 10.5. The number of nitrogens with zero attached hydrogens (tertiary/aromatic N) is 4. The third-order valence-corrected chi connectivity index (χ3v) is 17.8. The van der Waals surface area contributed by atoms with E-state index >= 15 is 0 Å². The molecule has 4 atom stereocenters. The van der Waals surface area contributed by atoms with Crippen LogP contribution in [0.3, 0.4) is 0 Å². The molecule has 4 unspecified atom stereocenters. The molecule has 0 bridgehead atoms. The van der Waals surface area contributed by atoms with Crippen molar-refractivity contribution in [3.8, 4) is 0 Å². The van der Waals surface area contributed by atoms with E-state index in [9.17, 15) is 10.2 Å². The molecular weight excluding hydrogens is 813 g/mol. The number of likely N-dealkylation sites (tertiary alicyclic amines) is 3. The van der Waals surface area contributed by atoms with Gasteiger partial charge in [0.05, 0.1) is 120 Å². The van der Waals surface area contributed by atoms with Gasteiger partial charge in [0.1, 0.15) is 13.1 Å². The summed E-state index contributed by atoms with van der Waals surface area (Å²) in [7, 11) is 9.73. The fourth-order valence-corrected chi connectivity index (χ4v) is 12.9. The van der Waals surface area contributed by atoms with Crippen molar-refractivity contribution in [3.05, 3.63) is 0 Å². The number of hydrogen-bond donors (Lipinski definition) is 2. The first kappa shape index (κ1) is 60.0. The summed E-state index contributed by atoms with van der Waals surface area (Å²) >= 11 is 0. The Bertz CT molecular complexity index is 1010. The third-order valence-electron chi connectivity index (χ3n) is 17.8. The van der Waals surface area contributed by atoms with E-state index in [1.165, 1.54) is 334 Å². The minimum absolute atomic E-state index is 0.389. The van der Waals surface area contributed by atoms with Gasteiger partial charge in [0.2, 0.25) is 0 Å². The van der Waals surface area contributed by atoms with Gasteiger partial charge in [-0.15, -0.1) is 0 Å². The molecule has 66 heavy (non-hydrogen) atoms. The minimum Gasteiger partial charge on any atom is -0.396 e. The molecule has 7 nitrogen and oxygen atoms in total. The number of piperidine rings is 3. The standard InChI is InChI=1S/C30H62N2O2.C29H60N2O/c1-31(23-17-19-29(25-31)27-33)21-15-13-11-9-7-5-3-4-6-8-10-12-14-16-22-32(2)24-18-20-30(26-32)28-34;1-30(23-20-17-21-24-30)22-18-15-13-11-9-7-5-3-4-6-8-10-12-14-16-19-25-31(2)26-28-32-29-27-31/h29-30,33-34H,3-28H2,1-2H3;3-29H2,1-2H3/q2*+2. The van der Waals surface area contributed by atoms with Crippen LogP contribution < -0.4 is 0 Å². The zero-order valence-corrected chi connectivity index (χ0v) is 45.7. The number of aliphatic hydroxyl groups is 2. The normalized spacial score (nSPS) is 25.4. The van der Waals surface area contributed by atoms with Crippen LogP contribution in [0.5, 0.6) is 0 Å². The first-order valence-corrected chi connectivity index (χ1v) is 30.2. The monoisotopic (exact) mass is 935 g/mol. The molecule has 4 fully saturated rings. The van der Waals surface area contributed by atoms with E-state index in [1.54, 1.807) is 0 Å². The highest BCUT2D eigenvalue weighted by atomic mass is 16.5. The molecule has 0 aromatic carbocycles. The zero-order chi connectivity index (χ0) is 47.3. The van der Waals surface area contributed by atoms with Crippen LogP contribution in [-0.2, 0) is 4.74 Å². The first-order chi connectivity index (χ1) is 32.1. The topological polar surface area (TPSA) is 49.7 Å². The second kappa shape index (κ2) is 37.5. The van der Waals surface area contributed by atoms with Crippen molar-refractivity contribution in [3.63, 3.8) is 0 Å². The van der Waals surface area contributed by atoms with Crippen molar-refractivity contribution in [1.82, 2.24) is 0 Å². The maximum absolute atomic E-state index is 9.47. The van der Waals surface area contributed by atoms with Gasteiger partial charge in [-0.25, -0.2) is 0 Å². The molecule has 7 heteroatoms. The Morgan fingerprint density at radius 1 is 0.303 bits per heavy atom. The Balaban J connectivity index is 0.000000351. The first-order valence-electron chi connectivity index (χ1n) is 30.2. The lowest BCUT2D eigenvalue weighted by atomic mass is 9.96. The second-order valence-electron chi connectivity index (χ2n) is 24.7. The quantitative estimate of drug-likeness (QED) is 0.0479. The van der Waals surface area contributed by atoms with Crippen molar-refractivity contribution in [2.45, 2.75) is 238 Å². The number of likely N-dealkylation sites (N-methyl/N-ethyl adjacent to an activating group) is 1. The fraction of sp³-hybridized carbons (Fsp3) is 1.00. The van der Waals surface area contributed by atoms with Gasteiger partial charge in [-0.05, 0) is 96.3 Å². The summed E-state index contributed by atoms with van der Waals surface area (Å²) in [5, 5.41) is 18.9. The highest BCUT2D eigenvalue weighted by molar-refractivity contribution is 4.65. The van der Waals surface area contributed by atoms with Gasteiger partial charge in [0, 0.05) is 11.8 Å². The lowest BCUT2D eigenvalue weighted by Gasteiger charge is -2.41. The largest absolute Gasteiger partial charge is 0.396 e. The Morgan fingerprint density at radius 2 is 0.545 bits per heavy atom. The molecule has 0 aliphatic carbocycles. The fourth-order valence-electron chi connectivity index (χ4n) is 12.9. The average molecular weight is 936 g/mol. The van der Waals surface area contributed by atoms with Crippen LogP contribution in [0, 0.1) is 11.8 Å². The van der Waals surface area contributed by atoms with Crippen LogP contribution in [0.25, 0.3) is 0 Å². The minimum atomic E-state index is 0.389. The van der Waals surface area contributed by atoms with E-state index in [0.29, 0.717) is 25.0 Å². The summed E-state index contributed by atoms with van der Waals surface area (Å²) in [6.07, 6.45) is 52.9. The number of morpholine rings is 1. The molecule has 4 saturated heterocycles. The molecule has 2 N–H and O–H groups in total. The van der Waals surface area contributed by atoms with Crippen molar-refractivity contribution in [1.29, 1.82) is 0 Å². The van der Waals surface area contributed by atoms with Gasteiger partial charge in [0.25, 0.3) is 0 Å². The van der Waals surface area contributed by atoms with Gasteiger partial charge >= 0.3 is 0 Å². The van der Waals surface area contributed by atoms with Gasteiger partial charge in [0.15, 0.2) is 0 Å². The van der Waals surface area contributed by atoms with Crippen LogP contribution >= 0.6 is 0 Å². The smallest absolute Gasteiger partial charge is 0.102 e. The molecule has 0 aromatic heterocycles. The molecule has 392 valence electrons. The van der Waals surface area contributed by atoms with Crippen LogP contribution in [0.4, 0.5) is 0 Å². The number of hydrogen-bond acceptors (Lipinski definition) is 3. The average Bonchev–Trinajstić information content (AvgIpc) is 3.31. The molecule has 4 aliphatic heterocycles. The molecule has 4 rings (SSSR count). The third kappa shape index (κ3) is 29.8. The van der Waals surface area contributed by atoms with Gasteiger partial charge in [-0.2, -0.15) is 0 Å². The predicted octanol–water partition coefficient (Wildman–Crippen LogP) is 13.5. The molecule has 0 spiro atoms. The summed E-state index contributed by atoms with van der Waals surface area (Å²) in [4.78, 5) is 0. The van der Waals surface area contributed by atoms with E-state index < -0.39 is 0 Å². The van der Waals surface area contributed by atoms with E-state index in [2.05, 4.69) is 28.2 Å². The number of aliphatic hydroxyl groups excluding tert-OH is 2. The maximum atomic E-state index is 9.47. The Kier molecular flexibility index (Phi) is 34.1. The summed E-state index contributed by atoms with van der Waals surface area (Å²) in [5.41, 5.74) is 0. The molecule has 0 saturated carbocycles. The van der Waals surface area contributed by atoms with Crippen molar-refractivity contribution in [2.24, 2.45) is 11.8 Å². The SMILES string of the molecule is C[N+]1(CCCCCCCCCCCCCCCCCC[N+]2(C)CCOCC2)CCCCC1.C[N+]1(CCCCCCCCCCCCCCCC[N+]2(C)CCCC(CO)C2)CCCC(CO)C1. The highest BCUT2D eigenvalue weighted by Gasteiger charge is 2.31. The van der Waals surface area contributed by atoms with Crippen molar-refractivity contribution >= 4 is 0 Å². The van der Waals surface area contributed by atoms with E-state index in [4.69, 9.17) is 4.74 Å². The molecular formula is C59H122N4O3+4. The zero-order valence-electron chi connectivity index (χ0n) is 45.7. The van der Waals surface area contributed by atoms with Gasteiger partial charge < -0.3 is 32.9 Å². The van der Waals surface area contributed by atoms with Crippen molar-refractivity contribution < 1.29 is 32.9 Å². The number of ether oxygens (including phenoxy) is 1. The van der Waals surface area contributed by atoms with E-state index in [-0.39, 0.29) is 0 Å². The maximum Gasteiger partial charge on any atom is 0.102 e. The van der Waals surface area contributed by atoms with Crippen LogP contribution in [0.15, 0.2) is 0 Å². The molecule has 4 heterocycles. The number of rotatable bonds is 38. The number of quaternary nitrogens is 4. The lowest BCUT2D eigenvalue weighted by molar-refractivity contribution is -0.917. The summed E-state index contributed by atoms with van der Waals surface area (Å²) in [5.74, 6) is 1.10. The van der Waals surface area contributed by atoms with Crippen molar-refractivity contribution in [2.75, 3.05) is 133 Å².